The first-order valence-corrected chi connectivity index (χ1v) is 6.80. The van der Waals surface area contributed by atoms with E-state index in [0.29, 0.717) is 26.2 Å². The van der Waals surface area contributed by atoms with Gasteiger partial charge >= 0.3 is 6.03 Å². The summed E-state index contributed by atoms with van der Waals surface area (Å²) in [4.78, 5) is 27.5. The summed E-state index contributed by atoms with van der Waals surface area (Å²) in [6.07, 6.45) is 0. The molecule has 0 radical (unpaired) electrons. The van der Waals surface area contributed by atoms with E-state index in [-0.39, 0.29) is 30.4 Å². The number of hydrogen-bond acceptors (Lipinski definition) is 3. The van der Waals surface area contributed by atoms with Crippen LogP contribution in [0.25, 0.3) is 0 Å². The number of fused-ring (bicyclic) bond motifs is 1. The fraction of sp³-hybridized carbons (Fsp3) is 0.429. The Morgan fingerprint density at radius 3 is 2.71 bits per heavy atom. The van der Waals surface area contributed by atoms with E-state index in [1.54, 1.807) is 9.80 Å². The highest BCUT2D eigenvalue weighted by Gasteiger charge is 2.37. The number of carbonyl (C=O) groups excluding carboxylic acids is 2. The van der Waals surface area contributed by atoms with Gasteiger partial charge < -0.3 is 20.9 Å². The van der Waals surface area contributed by atoms with Crippen LogP contribution in [0.3, 0.4) is 0 Å². The summed E-state index contributed by atoms with van der Waals surface area (Å²) >= 11 is 0. The number of hydrogen-bond donors (Lipinski definition) is 2. The Kier molecular flexibility index (Phi) is 4.69. The second-order valence-electron chi connectivity index (χ2n) is 5.21. The first-order chi connectivity index (χ1) is 9.66. The van der Waals surface area contributed by atoms with Gasteiger partial charge in [-0.3, -0.25) is 4.79 Å². The monoisotopic (exact) mass is 310 g/mol. The molecule has 0 aliphatic carbocycles. The summed E-state index contributed by atoms with van der Waals surface area (Å²) in [7, 11) is 0. The third kappa shape index (κ3) is 2.96. The molecule has 2 aliphatic rings. The highest BCUT2D eigenvalue weighted by atomic mass is 35.5. The number of urea groups is 1. The molecule has 2 unspecified atom stereocenters. The van der Waals surface area contributed by atoms with Crippen LogP contribution in [-0.4, -0.2) is 54.0 Å². The Bertz CT molecular complexity index is 525. The van der Waals surface area contributed by atoms with Gasteiger partial charge in [-0.05, 0) is 5.56 Å². The predicted molar refractivity (Wildman–Crippen MR) is 81.1 cm³/mol. The van der Waals surface area contributed by atoms with Crippen molar-refractivity contribution in [1.29, 1.82) is 0 Å². The number of carbonyl (C=O) groups is 2. The van der Waals surface area contributed by atoms with E-state index in [0.717, 1.165) is 5.56 Å². The molecule has 0 aromatic heterocycles. The third-order valence-electron chi connectivity index (χ3n) is 3.97. The van der Waals surface area contributed by atoms with Crippen LogP contribution < -0.4 is 11.1 Å². The number of halogens is 1. The second-order valence-corrected chi connectivity index (χ2v) is 5.21. The van der Waals surface area contributed by atoms with E-state index in [4.69, 9.17) is 5.73 Å². The average molecular weight is 311 g/mol. The van der Waals surface area contributed by atoms with Gasteiger partial charge in [0, 0.05) is 26.2 Å². The molecule has 2 aliphatic heterocycles. The van der Waals surface area contributed by atoms with Crippen LogP contribution >= 0.6 is 12.4 Å². The van der Waals surface area contributed by atoms with Crippen molar-refractivity contribution in [3.63, 3.8) is 0 Å². The highest BCUT2D eigenvalue weighted by molar-refractivity contribution is 5.85. The van der Waals surface area contributed by atoms with Gasteiger partial charge in [-0.25, -0.2) is 4.79 Å². The lowest BCUT2D eigenvalue weighted by Crippen LogP contribution is -2.55. The van der Waals surface area contributed by atoms with Crippen molar-refractivity contribution in [3.05, 3.63) is 35.9 Å². The summed E-state index contributed by atoms with van der Waals surface area (Å²) in [5.41, 5.74) is 6.87. The standard InChI is InChI=1S/C14H18N4O2.ClH/c15-12(10-4-2-1-3-5-10)13(19)17-6-7-18-11(9-17)8-16-14(18)20;/h1-5,11-12H,6-9,15H2,(H,16,20);1H. The van der Waals surface area contributed by atoms with Crippen molar-refractivity contribution >= 4 is 24.3 Å². The number of nitrogens with two attached hydrogens (primary N) is 1. The topological polar surface area (TPSA) is 78.7 Å². The number of amides is 3. The number of rotatable bonds is 2. The lowest BCUT2D eigenvalue weighted by atomic mass is 10.1. The summed E-state index contributed by atoms with van der Waals surface area (Å²) in [6.45, 7) is 2.27. The van der Waals surface area contributed by atoms with Crippen LogP contribution in [0.1, 0.15) is 11.6 Å². The van der Waals surface area contributed by atoms with Gasteiger partial charge in [0.1, 0.15) is 6.04 Å². The molecule has 1 aromatic carbocycles. The van der Waals surface area contributed by atoms with Crippen LogP contribution in [0.5, 0.6) is 0 Å². The Hall–Kier alpha value is -1.79. The zero-order chi connectivity index (χ0) is 14.1. The Morgan fingerprint density at radius 1 is 1.29 bits per heavy atom. The van der Waals surface area contributed by atoms with E-state index >= 15 is 0 Å². The summed E-state index contributed by atoms with van der Waals surface area (Å²) < 4.78 is 0. The molecule has 2 heterocycles. The van der Waals surface area contributed by atoms with Gasteiger partial charge in [0.05, 0.1) is 6.04 Å². The van der Waals surface area contributed by atoms with E-state index in [2.05, 4.69) is 5.32 Å². The van der Waals surface area contributed by atoms with Crippen LogP contribution in [0, 0.1) is 0 Å². The quantitative estimate of drug-likeness (QED) is 0.827. The minimum atomic E-state index is -0.632. The molecule has 2 fully saturated rings. The number of nitrogens with one attached hydrogen (secondary N) is 1. The normalized spacial score (nSPS) is 22.1. The maximum absolute atomic E-state index is 12.4. The molecule has 3 N–H and O–H groups in total. The minimum Gasteiger partial charge on any atom is -0.337 e. The molecular formula is C14H19ClN4O2. The zero-order valence-electron chi connectivity index (χ0n) is 11.6. The largest absolute Gasteiger partial charge is 0.337 e. The van der Waals surface area contributed by atoms with Crippen molar-refractivity contribution in [2.24, 2.45) is 5.73 Å². The molecule has 21 heavy (non-hydrogen) atoms. The van der Waals surface area contributed by atoms with Gasteiger partial charge in [0.25, 0.3) is 0 Å². The fourth-order valence-electron chi connectivity index (χ4n) is 2.80. The summed E-state index contributed by atoms with van der Waals surface area (Å²) in [5.74, 6) is -0.0739. The maximum atomic E-state index is 12.4. The third-order valence-corrected chi connectivity index (χ3v) is 3.97. The van der Waals surface area contributed by atoms with E-state index in [1.807, 2.05) is 30.3 Å². The van der Waals surface area contributed by atoms with Crippen LogP contribution in [0.15, 0.2) is 30.3 Å². The van der Waals surface area contributed by atoms with Gasteiger partial charge in [-0.2, -0.15) is 0 Å². The van der Waals surface area contributed by atoms with Gasteiger partial charge in [0.15, 0.2) is 0 Å². The SMILES string of the molecule is Cl.NC(C(=O)N1CCN2C(=O)NCC2C1)c1ccccc1. The highest BCUT2D eigenvalue weighted by Crippen LogP contribution is 2.18. The van der Waals surface area contributed by atoms with Gasteiger partial charge in [-0.1, -0.05) is 30.3 Å². The first-order valence-electron chi connectivity index (χ1n) is 6.80. The van der Waals surface area contributed by atoms with E-state index < -0.39 is 6.04 Å². The smallest absolute Gasteiger partial charge is 0.317 e. The van der Waals surface area contributed by atoms with Crippen LogP contribution in [0.2, 0.25) is 0 Å². The van der Waals surface area contributed by atoms with Crippen molar-refractivity contribution in [1.82, 2.24) is 15.1 Å². The molecule has 114 valence electrons. The van der Waals surface area contributed by atoms with Gasteiger partial charge in [-0.15, -0.1) is 12.4 Å². The lowest BCUT2D eigenvalue weighted by molar-refractivity contribution is -0.134. The second kappa shape index (κ2) is 6.32. The molecule has 2 saturated heterocycles. The van der Waals surface area contributed by atoms with E-state index in [9.17, 15) is 9.59 Å². The zero-order valence-corrected chi connectivity index (χ0v) is 12.4. The molecule has 0 spiro atoms. The Labute approximate surface area is 129 Å². The van der Waals surface area contributed by atoms with Crippen molar-refractivity contribution < 1.29 is 9.59 Å². The molecule has 2 atom stereocenters. The molecule has 0 saturated carbocycles. The van der Waals surface area contributed by atoms with Crippen molar-refractivity contribution in [2.45, 2.75) is 12.1 Å². The molecule has 7 heteroatoms. The molecule has 6 nitrogen and oxygen atoms in total. The molecular weight excluding hydrogens is 292 g/mol. The minimum absolute atomic E-state index is 0. The van der Waals surface area contributed by atoms with Crippen LogP contribution in [-0.2, 0) is 4.79 Å². The lowest BCUT2D eigenvalue weighted by Gasteiger charge is -2.37. The average Bonchev–Trinajstić information content (AvgIpc) is 2.87. The van der Waals surface area contributed by atoms with Gasteiger partial charge in [0.2, 0.25) is 5.91 Å². The van der Waals surface area contributed by atoms with Crippen molar-refractivity contribution in [2.75, 3.05) is 26.2 Å². The number of nitrogens with zero attached hydrogens (tertiary/aromatic N) is 2. The molecule has 0 bridgehead atoms. The Morgan fingerprint density at radius 2 is 2.00 bits per heavy atom. The van der Waals surface area contributed by atoms with E-state index in [1.165, 1.54) is 0 Å². The molecule has 3 rings (SSSR count). The summed E-state index contributed by atoms with van der Waals surface area (Å²) in [6, 6.07) is 8.78. The predicted octanol–water partition coefficient (Wildman–Crippen LogP) is 0.344. The molecule has 3 amide bonds. The Balaban J connectivity index is 0.00000161. The fourth-order valence-corrected chi connectivity index (χ4v) is 2.80. The maximum Gasteiger partial charge on any atom is 0.317 e. The van der Waals surface area contributed by atoms with Crippen LogP contribution in [0.4, 0.5) is 4.79 Å². The number of piperazine rings is 1. The van der Waals surface area contributed by atoms with Crippen molar-refractivity contribution in [3.8, 4) is 0 Å². The summed E-state index contributed by atoms with van der Waals surface area (Å²) in [5, 5.41) is 2.80. The molecule has 1 aromatic rings. The first kappa shape index (κ1) is 15.6. The number of benzene rings is 1.